The Morgan fingerprint density at radius 2 is 1.42 bits per heavy atom. The Morgan fingerprint density at radius 3 is 1.67 bits per heavy atom. The van der Waals surface area contributed by atoms with E-state index in [1.54, 1.807) is 0 Å². The Kier molecular flexibility index (Phi) is 56.8. The van der Waals surface area contributed by atoms with Gasteiger partial charge in [0.25, 0.3) is 0 Å². The topological polar surface area (TPSA) is 0 Å². The van der Waals surface area contributed by atoms with E-state index in [4.69, 9.17) is 0 Å². The van der Waals surface area contributed by atoms with Crippen LogP contribution in [0, 0.1) is 33.1 Å². The zero-order valence-electron chi connectivity index (χ0n) is 9.40. The van der Waals surface area contributed by atoms with Crippen LogP contribution in [0.5, 0.6) is 0 Å². The van der Waals surface area contributed by atoms with Gasteiger partial charge in [-0.15, -0.1) is 0 Å². The molecule has 0 heterocycles. The fourth-order valence-corrected chi connectivity index (χ4v) is 0.471. The molecule has 0 aromatic rings. The molecule has 50 valence electrons. The molecular formula is C8H14Li4. The van der Waals surface area contributed by atoms with E-state index >= 15 is 0 Å². The van der Waals surface area contributed by atoms with Gasteiger partial charge in [-0.05, 0) is 0 Å². The Balaban J connectivity index is -0.0000000408. The van der Waals surface area contributed by atoms with Crippen LogP contribution in [-0.4, -0.2) is 0 Å². The monoisotopic (exact) mass is 138 g/mol. The Labute approximate surface area is 126 Å². The van der Waals surface area contributed by atoms with Crippen molar-refractivity contribution in [1.29, 1.82) is 0 Å². The molecule has 0 N–H and O–H groups in total. The summed E-state index contributed by atoms with van der Waals surface area (Å²) in [4.78, 5) is 0. The van der Waals surface area contributed by atoms with E-state index in [1.165, 1.54) is 0 Å². The second-order valence-corrected chi connectivity index (χ2v) is 1.93. The van der Waals surface area contributed by atoms with Crippen LogP contribution >= 0.6 is 0 Å². The van der Waals surface area contributed by atoms with E-state index in [2.05, 4.69) is 27.2 Å². The van der Waals surface area contributed by atoms with Crippen LogP contribution in [0.2, 0.25) is 0 Å². The standard InChI is InChI=1S/C8H14.4Li/c1-4-6-7-8(3)5-2;;;;/h7-8H,1-6H2;;;;/q-4;4*+1. The first-order valence-electron chi connectivity index (χ1n) is 3.06. The Bertz CT molecular complexity index is 50.3. The summed E-state index contributed by atoms with van der Waals surface area (Å²) < 4.78 is 0. The van der Waals surface area contributed by atoms with E-state index in [0.29, 0.717) is 5.92 Å². The van der Waals surface area contributed by atoms with Gasteiger partial charge in [-0.3, -0.25) is 0 Å². The quantitative estimate of drug-likeness (QED) is 0.267. The number of hydrogen-bond donors (Lipinski definition) is 0. The third kappa shape index (κ3) is 22.8. The fraction of sp³-hybridized carbons (Fsp3) is 0.500. The van der Waals surface area contributed by atoms with E-state index in [9.17, 15) is 0 Å². The van der Waals surface area contributed by atoms with Gasteiger partial charge >= 0.3 is 75.4 Å². The van der Waals surface area contributed by atoms with Crippen molar-refractivity contribution >= 4 is 0 Å². The number of hydrogen-bond acceptors (Lipinski definition) is 0. The van der Waals surface area contributed by atoms with Crippen LogP contribution in [0.1, 0.15) is 19.3 Å². The molecule has 0 saturated carbocycles. The average Bonchev–Trinajstić information content (AvgIpc) is 1.83. The van der Waals surface area contributed by atoms with E-state index < -0.39 is 0 Å². The van der Waals surface area contributed by atoms with Gasteiger partial charge in [-0.25, -0.2) is 19.3 Å². The summed E-state index contributed by atoms with van der Waals surface area (Å²) in [6.45, 7) is 11.3. The maximum Gasteiger partial charge on any atom is 1.00 e. The van der Waals surface area contributed by atoms with Crippen LogP contribution in [0.4, 0.5) is 0 Å². The maximum absolute atomic E-state index is 3.85. The van der Waals surface area contributed by atoms with Crippen LogP contribution in [0.3, 0.4) is 0 Å². The predicted octanol–water partition coefficient (Wildman–Crippen LogP) is -9.50. The molecule has 12 heavy (non-hydrogen) atoms. The first kappa shape index (κ1) is 29.3. The van der Waals surface area contributed by atoms with E-state index in [0.717, 1.165) is 19.3 Å². The molecular weight excluding hydrogens is 124 g/mol. The second-order valence-electron chi connectivity index (χ2n) is 1.93. The molecule has 0 rings (SSSR count). The van der Waals surface area contributed by atoms with E-state index in [-0.39, 0.29) is 75.4 Å². The average molecular weight is 138 g/mol. The van der Waals surface area contributed by atoms with Gasteiger partial charge in [0.05, 0.1) is 0 Å². The fourth-order valence-electron chi connectivity index (χ4n) is 0.471. The molecule has 0 aromatic carbocycles. The first-order chi connectivity index (χ1) is 3.81. The van der Waals surface area contributed by atoms with Crippen molar-refractivity contribution in [3.8, 4) is 0 Å². The molecule has 0 nitrogen and oxygen atoms in total. The van der Waals surface area contributed by atoms with Gasteiger partial charge in [-0.1, -0.05) is 0 Å². The van der Waals surface area contributed by atoms with E-state index in [1.807, 2.05) is 0 Å². The summed E-state index contributed by atoms with van der Waals surface area (Å²) >= 11 is 0. The minimum Gasteiger partial charge on any atom is -0.372 e. The van der Waals surface area contributed by atoms with Gasteiger partial charge < -0.3 is 33.1 Å². The van der Waals surface area contributed by atoms with Gasteiger partial charge in [-0.2, -0.15) is 0 Å². The summed E-state index contributed by atoms with van der Waals surface area (Å²) in [5, 5.41) is 0. The SMILES string of the molecule is [CH2-]CC[CH-]C([CH2-])C[CH2-].[Li+].[Li+].[Li+].[Li+]. The maximum atomic E-state index is 3.85. The molecule has 0 fully saturated rings. The van der Waals surface area contributed by atoms with Crippen molar-refractivity contribution in [3.63, 3.8) is 0 Å². The molecule has 0 bridgehead atoms. The van der Waals surface area contributed by atoms with Crippen LogP contribution < -0.4 is 75.4 Å². The molecule has 0 amide bonds. The molecule has 0 aliphatic rings. The Hall–Kier alpha value is 2.39. The zero-order chi connectivity index (χ0) is 6.41. The molecule has 0 aliphatic carbocycles. The Morgan fingerprint density at radius 1 is 1.00 bits per heavy atom. The van der Waals surface area contributed by atoms with Crippen LogP contribution in [0.15, 0.2) is 0 Å². The third-order valence-corrected chi connectivity index (χ3v) is 1.07. The van der Waals surface area contributed by atoms with Crippen molar-refractivity contribution in [1.82, 2.24) is 0 Å². The van der Waals surface area contributed by atoms with Crippen molar-refractivity contribution in [2.75, 3.05) is 0 Å². The second kappa shape index (κ2) is 23.3. The minimum atomic E-state index is 0. The number of rotatable bonds is 4. The molecule has 1 unspecified atom stereocenters. The largest absolute Gasteiger partial charge is 1.00 e. The van der Waals surface area contributed by atoms with Gasteiger partial charge in [0.1, 0.15) is 0 Å². The zero-order valence-corrected chi connectivity index (χ0v) is 9.40. The smallest absolute Gasteiger partial charge is 0.372 e. The summed E-state index contributed by atoms with van der Waals surface area (Å²) in [5.74, 6) is 0.428. The molecule has 0 saturated heterocycles. The van der Waals surface area contributed by atoms with Crippen LogP contribution in [0.25, 0.3) is 0 Å². The summed E-state index contributed by atoms with van der Waals surface area (Å²) in [6.07, 6.45) is 5.12. The molecule has 0 radical (unpaired) electrons. The molecule has 0 aromatic heterocycles. The predicted molar refractivity (Wildman–Crippen MR) is 37.7 cm³/mol. The molecule has 1 atom stereocenters. The first-order valence-corrected chi connectivity index (χ1v) is 3.06. The van der Waals surface area contributed by atoms with Crippen molar-refractivity contribution in [3.05, 3.63) is 27.2 Å². The molecule has 0 spiro atoms. The summed E-state index contributed by atoms with van der Waals surface area (Å²) in [5.41, 5.74) is 0. The van der Waals surface area contributed by atoms with Crippen LogP contribution in [-0.2, 0) is 0 Å². The van der Waals surface area contributed by atoms with Crippen molar-refractivity contribution < 1.29 is 75.4 Å². The normalized spacial score (nSPS) is 9.25. The summed E-state index contributed by atoms with van der Waals surface area (Å²) in [7, 11) is 0. The molecule has 4 heteroatoms. The van der Waals surface area contributed by atoms with Crippen molar-refractivity contribution in [2.45, 2.75) is 19.3 Å². The van der Waals surface area contributed by atoms with Gasteiger partial charge in [0, 0.05) is 0 Å². The molecule has 0 aliphatic heterocycles. The summed E-state index contributed by atoms with van der Waals surface area (Å²) in [6, 6.07) is 0. The minimum absolute atomic E-state index is 0. The van der Waals surface area contributed by atoms with Gasteiger partial charge in [0.2, 0.25) is 0 Å². The van der Waals surface area contributed by atoms with Gasteiger partial charge in [0.15, 0.2) is 0 Å². The third-order valence-electron chi connectivity index (χ3n) is 1.07. The van der Waals surface area contributed by atoms with Crippen molar-refractivity contribution in [2.24, 2.45) is 5.92 Å². The number of unbranched alkanes of at least 4 members (excludes halogenated alkanes) is 1.